The van der Waals surface area contributed by atoms with E-state index in [2.05, 4.69) is 10.3 Å². The first kappa shape index (κ1) is 11.9. The Morgan fingerprint density at radius 1 is 1.73 bits per heavy atom. The van der Waals surface area contributed by atoms with Crippen molar-refractivity contribution < 1.29 is 9.90 Å². The van der Waals surface area contributed by atoms with Gasteiger partial charge >= 0.3 is 0 Å². The zero-order valence-corrected chi connectivity index (χ0v) is 9.16. The third-order valence-corrected chi connectivity index (χ3v) is 2.16. The van der Waals surface area contributed by atoms with E-state index in [1.165, 1.54) is 12.3 Å². The van der Waals surface area contributed by atoms with Crippen LogP contribution >= 0.6 is 11.6 Å². The minimum absolute atomic E-state index is 0.226. The molecular formula is C10H13ClN2O2. The molecule has 0 aliphatic carbocycles. The number of nitrogens with zero attached hydrogens (tertiary/aromatic N) is 1. The van der Waals surface area contributed by atoms with E-state index in [1.807, 2.05) is 6.92 Å². The lowest BCUT2D eigenvalue weighted by atomic mass is 10.2. The van der Waals surface area contributed by atoms with Crippen molar-refractivity contribution in [2.24, 2.45) is 0 Å². The van der Waals surface area contributed by atoms with Crippen molar-refractivity contribution in [3.05, 3.63) is 29.0 Å². The fourth-order valence-electron chi connectivity index (χ4n) is 0.974. The average molecular weight is 229 g/mol. The van der Waals surface area contributed by atoms with E-state index in [-0.39, 0.29) is 18.1 Å². The Balaban J connectivity index is 2.54. The molecule has 0 aromatic carbocycles. The van der Waals surface area contributed by atoms with Gasteiger partial charge in [0.15, 0.2) is 0 Å². The van der Waals surface area contributed by atoms with Crippen LogP contribution in [0.5, 0.6) is 0 Å². The summed E-state index contributed by atoms with van der Waals surface area (Å²) in [6.45, 7) is 2.07. The number of halogens is 1. The first-order valence-corrected chi connectivity index (χ1v) is 5.09. The number of hydrogen-bond donors (Lipinski definition) is 2. The number of aromatic nitrogens is 1. The van der Waals surface area contributed by atoms with Gasteiger partial charge in [-0.3, -0.25) is 9.78 Å². The fraction of sp³-hybridized carbons (Fsp3) is 0.400. The van der Waals surface area contributed by atoms with Crippen molar-refractivity contribution >= 4 is 17.5 Å². The SMILES string of the molecule is CCC(O)CNC(=O)c1cc(Cl)ccn1. The third-order valence-electron chi connectivity index (χ3n) is 1.92. The van der Waals surface area contributed by atoms with Gasteiger partial charge in [-0.2, -0.15) is 0 Å². The van der Waals surface area contributed by atoms with Crippen molar-refractivity contribution in [1.29, 1.82) is 0 Å². The monoisotopic (exact) mass is 228 g/mol. The van der Waals surface area contributed by atoms with Gasteiger partial charge in [-0.1, -0.05) is 18.5 Å². The van der Waals surface area contributed by atoms with Gasteiger partial charge in [-0.15, -0.1) is 0 Å². The van der Waals surface area contributed by atoms with Crippen molar-refractivity contribution in [3.63, 3.8) is 0 Å². The number of aliphatic hydroxyl groups excluding tert-OH is 1. The van der Waals surface area contributed by atoms with E-state index >= 15 is 0 Å². The normalized spacial score (nSPS) is 12.2. The highest BCUT2D eigenvalue weighted by molar-refractivity contribution is 6.30. The molecule has 0 saturated carbocycles. The van der Waals surface area contributed by atoms with Crippen molar-refractivity contribution in [2.75, 3.05) is 6.54 Å². The van der Waals surface area contributed by atoms with Crippen LogP contribution in [0.25, 0.3) is 0 Å². The van der Waals surface area contributed by atoms with Crippen LogP contribution in [-0.4, -0.2) is 28.6 Å². The summed E-state index contributed by atoms with van der Waals surface area (Å²) >= 11 is 5.71. The molecule has 1 unspecified atom stereocenters. The highest BCUT2D eigenvalue weighted by atomic mass is 35.5. The maximum Gasteiger partial charge on any atom is 0.270 e. The molecule has 2 N–H and O–H groups in total. The van der Waals surface area contributed by atoms with Gasteiger partial charge in [0.1, 0.15) is 5.69 Å². The van der Waals surface area contributed by atoms with E-state index in [1.54, 1.807) is 6.07 Å². The molecule has 1 aromatic heterocycles. The number of pyridine rings is 1. The molecule has 0 radical (unpaired) electrons. The van der Waals surface area contributed by atoms with Gasteiger partial charge in [-0.05, 0) is 18.6 Å². The molecule has 1 rings (SSSR count). The topological polar surface area (TPSA) is 62.2 Å². The molecule has 0 bridgehead atoms. The van der Waals surface area contributed by atoms with E-state index in [9.17, 15) is 9.90 Å². The molecule has 4 nitrogen and oxygen atoms in total. The van der Waals surface area contributed by atoms with Crippen LogP contribution in [0.15, 0.2) is 18.3 Å². The summed E-state index contributed by atoms with van der Waals surface area (Å²) in [6.07, 6.45) is 1.55. The van der Waals surface area contributed by atoms with Crippen LogP contribution in [0, 0.1) is 0 Å². The predicted molar refractivity (Wildman–Crippen MR) is 57.9 cm³/mol. The Labute approximate surface area is 93.3 Å². The Morgan fingerprint density at radius 3 is 3.07 bits per heavy atom. The zero-order valence-electron chi connectivity index (χ0n) is 8.40. The molecule has 0 aliphatic heterocycles. The Kier molecular flexibility index (Phi) is 4.52. The summed E-state index contributed by atoms with van der Waals surface area (Å²) in [5.41, 5.74) is 0.255. The summed E-state index contributed by atoms with van der Waals surface area (Å²) < 4.78 is 0. The van der Waals surface area contributed by atoms with Gasteiger partial charge in [0.05, 0.1) is 6.10 Å². The zero-order chi connectivity index (χ0) is 11.3. The molecule has 0 fully saturated rings. The molecule has 0 spiro atoms. The highest BCUT2D eigenvalue weighted by Crippen LogP contribution is 2.07. The van der Waals surface area contributed by atoms with E-state index in [0.29, 0.717) is 11.4 Å². The number of hydrogen-bond acceptors (Lipinski definition) is 3. The second-order valence-electron chi connectivity index (χ2n) is 3.13. The molecule has 82 valence electrons. The lowest BCUT2D eigenvalue weighted by Gasteiger charge is -2.08. The number of amides is 1. The van der Waals surface area contributed by atoms with Gasteiger partial charge in [-0.25, -0.2) is 0 Å². The predicted octanol–water partition coefficient (Wildman–Crippen LogP) is 1.24. The summed E-state index contributed by atoms with van der Waals surface area (Å²) in [7, 11) is 0. The van der Waals surface area contributed by atoms with Crippen LogP contribution in [0.2, 0.25) is 5.02 Å². The standard InChI is InChI=1S/C10H13ClN2O2/c1-2-8(14)6-13-10(15)9-5-7(11)3-4-12-9/h3-5,8,14H,2,6H2,1H3,(H,13,15). The Hall–Kier alpha value is -1.13. The third kappa shape index (κ3) is 3.85. The van der Waals surface area contributed by atoms with Crippen molar-refractivity contribution in [2.45, 2.75) is 19.4 Å². The number of aliphatic hydroxyl groups is 1. The molecule has 0 aliphatic rings. The minimum Gasteiger partial charge on any atom is -0.391 e. The first-order valence-electron chi connectivity index (χ1n) is 4.71. The maximum absolute atomic E-state index is 11.5. The van der Waals surface area contributed by atoms with Crippen LogP contribution in [0.3, 0.4) is 0 Å². The summed E-state index contributed by atoms with van der Waals surface area (Å²) in [6, 6.07) is 3.08. The number of nitrogens with one attached hydrogen (secondary N) is 1. The van der Waals surface area contributed by atoms with Gasteiger partial charge < -0.3 is 10.4 Å². The molecule has 0 saturated heterocycles. The quantitative estimate of drug-likeness (QED) is 0.815. The van der Waals surface area contributed by atoms with Gasteiger partial charge in [0.2, 0.25) is 0 Å². The molecule has 1 atom stereocenters. The maximum atomic E-state index is 11.5. The second kappa shape index (κ2) is 5.68. The highest BCUT2D eigenvalue weighted by Gasteiger charge is 2.08. The number of carbonyl (C=O) groups excluding carboxylic acids is 1. The molecule has 15 heavy (non-hydrogen) atoms. The molecule has 5 heteroatoms. The lowest BCUT2D eigenvalue weighted by molar-refractivity contribution is 0.0909. The average Bonchev–Trinajstić information content (AvgIpc) is 2.25. The summed E-state index contributed by atoms with van der Waals surface area (Å²) in [5.74, 6) is -0.329. The van der Waals surface area contributed by atoms with E-state index in [0.717, 1.165) is 0 Å². The second-order valence-corrected chi connectivity index (χ2v) is 3.57. The van der Waals surface area contributed by atoms with Crippen LogP contribution < -0.4 is 5.32 Å². The van der Waals surface area contributed by atoms with Crippen LogP contribution in [0.1, 0.15) is 23.8 Å². The number of carbonyl (C=O) groups is 1. The first-order chi connectivity index (χ1) is 7.13. The largest absolute Gasteiger partial charge is 0.391 e. The molecule has 1 heterocycles. The van der Waals surface area contributed by atoms with E-state index in [4.69, 9.17) is 11.6 Å². The minimum atomic E-state index is -0.520. The Morgan fingerprint density at radius 2 is 2.47 bits per heavy atom. The molecular weight excluding hydrogens is 216 g/mol. The molecule has 1 aromatic rings. The van der Waals surface area contributed by atoms with Crippen LogP contribution in [0.4, 0.5) is 0 Å². The lowest BCUT2D eigenvalue weighted by Crippen LogP contribution is -2.32. The van der Waals surface area contributed by atoms with Crippen molar-refractivity contribution in [1.82, 2.24) is 10.3 Å². The molecule has 1 amide bonds. The van der Waals surface area contributed by atoms with Crippen LogP contribution in [-0.2, 0) is 0 Å². The number of rotatable bonds is 4. The summed E-state index contributed by atoms with van der Waals surface area (Å²) in [4.78, 5) is 15.3. The summed E-state index contributed by atoms with van der Waals surface area (Å²) in [5, 5.41) is 12.3. The fourth-order valence-corrected chi connectivity index (χ4v) is 1.13. The smallest absolute Gasteiger partial charge is 0.270 e. The van der Waals surface area contributed by atoms with Gasteiger partial charge in [0.25, 0.3) is 5.91 Å². The van der Waals surface area contributed by atoms with E-state index < -0.39 is 6.10 Å². The van der Waals surface area contributed by atoms with Crippen molar-refractivity contribution in [3.8, 4) is 0 Å². The Bertz CT molecular complexity index is 344. The van der Waals surface area contributed by atoms with Gasteiger partial charge in [0, 0.05) is 17.8 Å².